The number of rotatable bonds is 10. The van der Waals surface area contributed by atoms with Crippen LogP contribution in [-0.4, -0.2) is 103 Å². The van der Waals surface area contributed by atoms with Gasteiger partial charge in [0.05, 0.1) is 6.61 Å². The first-order valence-electron chi connectivity index (χ1n) is 15.3. The lowest BCUT2D eigenvalue weighted by Crippen LogP contribution is -2.67. The van der Waals surface area contributed by atoms with Crippen molar-refractivity contribution >= 4 is 35.6 Å². The molecule has 0 spiro atoms. The van der Waals surface area contributed by atoms with E-state index in [4.69, 9.17) is 42.6 Å². The predicted molar refractivity (Wildman–Crippen MR) is 164 cm³/mol. The van der Waals surface area contributed by atoms with Crippen molar-refractivity contribution < 1.29 is 66.9 Å². The monoisotopic (exact) mass is 690 g/mol. The quantitative estimate of drug-likeness (QED) is 0.285. The number of hydrogen-bond acceptors (Lipinski definition) is 15. The minimum Gasteiger partial charge on any atom is -0.463 e. The molecule has 15 heteroatoms. The number of aliphatic hydroxyl groups excluding tert-OH is 1. The van der Waals surface area contributed by atoms with Gasteiger partial charge in [-0.1, -0.05) is 60.3 Å². The van der Waals surface area contributed by atoms with E-state index in [9.17, 15) is 24.3 Å². The Balaban J connectivity index is 1.51. The predicted octanol–water partition coefficient (Wildman–Crippen LogP) is 2.45. The molecule has 48 heavy (non-hydrogen) atoms. The Labute approximate surface area is 281 Å². The topological polar surface area (TPSA) is 172 Å². The second kappa shape index (κ2) is 16.2. The third-order valence-electron chi connectivity index (χ3n) is 7.61. The van der Waals surface area contributed by atoms with Gasteiger partial charge in [0, 0.05) is 38.2 Å². The summed E-state index contributed by atoms with van der Waals surface area (Å²) in [6, 6.07) is 18.5. The fraction of sp³-hybridized carbons (Fsp3) is 0.515. The van der Waals surface area contributed by atoms with Crippen molar-refractivity contribution in [3.63, 3.8) is 0 Å². The Morgan fingerprint density at radius 3 is 1.98 bits per heavy atom. The molecule has 11 atom stereocenters. The van der Waals surface area contributed by atoms with Crippen LogP contribution in [0.1, 0.15) is 39.5 Å². The van der Waals surface area contributed by atoms with Crippen LogP contribution in [0.5, 0.6) is 0 Å². The summed E-state index contributed by atoms with van der Waals surface area (Å²) in [5, 5.41) is 11.8. The van der Waals surface area contributed by atoms with Crippen LogP contribution >= 0.6 is 11.8 Å². The molecule has 3 aliphatic heterocycles. The zero-order valence-electron chi connectivity index (χ0n) is 26.7. The van der Waals surface area contributed by atoms with E-state index in [1.807, 2.05) is 60.7 Å². The van der Waals surface area contributed by atoms with Crippen molar-refractivity contribution in [2.45, 2.75) is 99.4 Å². The number of fused-ring (bicyclic) bond motifs is 1. The van der Waals surface area contributed by atoms with Gasteiger partial charge in [-0.15, -0.1) is 0 Å². The summed E-state index contributed by atoms with van der Waals surface area (Å²) < 4.78 is 53.1. The summed E-state index contributed by atoms with van der Waals surface area (Å²) in [5.74, 6) is -3.00. The van der Waals surface area contributed by atoms with Crippen LogP contribution in [0.25, 0.3) is 0 Å². The number of carbonyl (C=O) groups is 4. The van der Waals surface area contributed by atoms with Gasteiger partial charge in [0.15, 0.2) is 30.9 Å². The van der Waals surface area contributed by atoms with E-state index in [2.05, 4.69) is 0 Å². The van der Waals surface area contributed by atoms with Crippen LogP contribution in [0.2, 0.25) is 0 Å². The fourth-order valence-electron chi connectivity index (χ4n) is 5.68. The summed E-state index contributed by atoms with van der Waals surface area (Å²) in [7, 11) is 0. The maximum atomic E-state index is 12.4. The van der Waals surface area contributed by atoms with Gasteiger partial charge in [-0.3, -0.25) is 19.2 Å². The SMILES string of the molecule is CC(=O)OC[C@H]1O[C@H](O[C@@H]2[C@@H](O)[C@H](Sc3ccccc3)O[C@@H]3CO[C@@H](c4ccccc4)O[C@@H]23)[C@@H](OC(C)=O)[C@@H](OC(C)=O)[C@@H]1OC(C)=O. The summed E-state index contributed by atoms with van der Waals surface area (Å²) in [4.78, 5) is 49.4. The van der Waals surface area contributed by atoms with Gasteiger partial charge in [-0.25, -0.2) is 0 Å². The number of esters is 4. The molecular weight excluding hydrogens is 652 g/mol. The molecule has 3 fully saturated rings. The second-order valence-corrected chi connectivity index (χ2v) is 12.5. The maximum Gasteiger partial charge on any atom is 0.303 e. The molecule has 5 rings (SSSR count). The molecule has 0 aromatic heterocycles. The number of thioether (sulfide) groups is 1. The van der Waals surface area contributed by atoms with Gasteiger partial charge >= 0.3 is 23.9 Å². The lowest BCUT2D eigenvalue weighted by molar-refractivity contribution is -0.366. The average molecular weight is 691 g/mol. The lowest BCUT2D eigenvalue weighted by Gasteiger charge is -2.50. The number of ether oxygens (including phenoxy) is 9. The highest BCUT2D eigenvalue weighted by atomic mass is 32.2. The molecule has 3 aliphatic rings. The Hall–Kier alpha value is -3.57. The molecule has 260 valence electrons. The molecule has 0 saturated carbocycles. The zero-order chi connectivity index (χ0) is 34.4. The Morgan fingerprint density at radius 2 is 1.35 bits per heavy atom. The van der Waals surface area contributed by atoms with E-state index in [0.29, 0.717) is 0 Å². The molecule has 14 nitrogen and oxygen atoms in total. The molecule has 0 radical (unpaired) electrons. The van der Waals surface area contributed by atoms with E-state index in [0.717, 1.165) is 31.2 Å². The molecule has 0 amide bonds. The van der Waals surface area contributed by atoms with Gasteiger partial charge in [-0.05, 0) is 12.1 Å². The van der Waals surface area contributed by atoms with E-state index in [1.54, 1.807) is 0 Å². The van der Waals surface area contributed by atoms with Crippen LogP contribution in [0, 0.1) is 0 Å². The molecule has 3 saturated heterocycles. The molecule has 2 aromatic carbocycles. The van der Waals surface area contributed by atoms with Crippen molar-refractivity contribution in [3.05, 3.63) is 66.2 Å². The van der Waals surface area contributed by atoms with E-state index >= 15 is 0 Å². The summed E-state index contributed by atoms with van der Waals surface area (Å²) >= 11 is 1.26. The molecule has 0 unspecified atom stereocenters. The minimum absolute atomic E-state index is 0.0846. The summed E-state index contributed by atoms with van der Waals surface area (Å²) in [6.45, 7) is 4.21. The molecule has 0 bridgehead atoms. The first-order chi connectivity index (χ1) is 23.0. The van der Waals surface area contributed by atoms with Gasteiger partial charge in [0.2, 0.25) is 0 Å². The highest BCUT2D eigenvalue weighted by Crippen LogP contribution is 2.41. The third-order valence-corrected chi connectivity index (χ3v) is 8.78. The highest BCUT2D eigenvalue weighted by Gasteiger charge is 2.57. The first-order valence-corrected chi connectivity index (χ1v) is 16.2. The smallest absolute Gasteiger partial charge is 0.303 e. The van der Waals surface area contributed by atoms with Crippen LogP contribution in [0.3, 0.4) is 0 Å². The molecule has 2 aromatic rings. The van der Waals surface area contributed by atoms with Crippen LogP contribution in [0.15, 0.2) is 65.6 Å². The second-order valence-electron chi connectivity index (χ2n) is 11.3. The largest absolute Gasteiger partial charge is 0.463 e. The molecule has 3 heterocycles. The molecule has 0 aliphatic carbocycles. The van der Waals surface area contributed by atoms with E-state index in [-0.39, 0.29) is 6.61 Å². The van der Waals surface area contributed by atoms with Crippen molar-refractivity contribution in [2.24, 2.45) is 0 Å². The highest BCUT2D eigenvalue weighted by molar-refractivity contribution is 7.99. The Kier molecular flexibility index (Phi) is 12.1. The summed E-state index contributed by atoms with van der Waals surface area (Å²) in [6.07, 6.45) is -12.1. The van der Waals surface area contributed by atoms with Crippen molar-refractivity contribution in [1.29, 1.82) is 0 Å². The average Bonchev–Trinajstić information content (AvgIpc) is 3.04. The molecule has 1 N–H and O–H groups in total. The van der Waals surface area contributed by atoms with Gasteiger partial charge in [0.1, 0.15) is 42.6 Å². The van der Waals surface area contributed by atoms with Gasteiger partial charge in [-0.2, -0.15) is 0 Å². The first kappa shape index (κ1) is 35.7. The number of aliphatic hydroxyl groups is 1. The van der Waals surface area contributed by atoms with Crippen molar-refractivity contribution in [2.75, 3.05) is 13.2 Å². The van der Waals surface area contributed by atoms with Crippen LogP contribution < -0.4 is 0 Å². The number of benzene rings is 2. The number of hydrogen-bond donors (Lipinski definition) is 1. The Bertz CT molecular complexity index is 1410. The third kappa shape index (κ3) is 8.91. The van der Waals surface area contributed by atoms with Gasteiger partial charge in [0.25, 0.3) is 0 Å². The van der Waals surface area contributed by atoms with Crippen molar-refractivity contribution in [3.8, 4) is 0 Å². The van der Waals surface area contributed by atoms with Crippen LogP contribution in [-0.2, 0) is 61.8 Å². The summed E-state index contributed by atoms with van der Waals surface area (Å²) in [5.41, 5.74) is -0.151. The standard InChI is InChI=1S/C33H38O14S/c1-17(34)39-15-23-27(41-18(2)35)29(42-19(3)36)30(43-20(4)37)32(44-23)47-28-25(38)33(48-22-13-9-6-10-14-22)45-24-16-40-31(46-26(24)28)21-11-7-5-8-12-21/h5-14,23-33,38H,15-16H2,1-4H3/t23-,24-,25-,26-,27-,28-,29+,30+,31-,32-,33+/m1/s1. The normalized spacial score (nSPS) is 33.1. The van der Waals surface area contributed by atoms with Gasteiger partial charge < -0.3 is 47.7 Å². The van der Waals surface area contributed by atoms with E-state index < -0.39 is 97.3 Å². The number of carbonyl (C=O) groups excluding carboxylic acids is 4. The minimum atomic E-state index is -1.55. The zero-order valence-corrected chi connectivity index (χ0v) is 27.5. The maximum absolute atomic E-state index is 12.4. The molecular formula is C33H38O14S. The van der Waals surface area contributed by atoms with E-state index in [1.165, 1.54) is 18.7 Å². The lowest BCUT2D eigenvalue weighted by atomic mass is 9.96. The fourth-order valence-corrected chi connectivity index (χ4v) is 6.76. The van der Waals surface area contributed by atoms with Crippen LogP contribution in [0.4, 0.5) is 0 Å². The van der Waals surface area contributed by atoms with Crippen molar-refractivity contribution in [1.82, 2.24) is 0 Å². The Morgan fingerprint density at radius 1 is 0.750 bits per heavy atom.